The number of nitrogens with two attached hydrogens (primary N) is 1. The van der Waals surface area contributed by atoms with Crippen LogP contribution in [-0.4, -0.2) is 33.9 Å². The average Bonchev–Trinajstić information content (AvgIpc) is 3.21. The lowest BCUT2D eigenvalue weighted by molar-refractivity contribution is 0.0955. The molecule has 0 aliphatic heterocycles. The Labute approximate surface area is 183 Å². The summed E-state index contributed by atoms with van der Waals surface area (Å²) in [4.78, 5) is 24.2. The third kappa shape index (κ3) is 3.48. The molecular weight excluding hydrogens is 405 g/mol. The van der Waals surface area contributed by atoms with Crippen molar-refractivity contribution in [2.24, 2.45) is 5.73 Å². The Bertz CT molecular complexity index is 1430. The van der Waals surface area contributed by atoms with Crippen LogP contribution in [0, 0.1) is 5.82 Å². The number of nitrogens with zero attached hydrogens (tertiary/aromatic N) is 2. The molecule has 0 saturated carbocycles. The number of hydrogen-bond donors (Lipinski definition) is 3. The first-order valence-corrected chi connectivity index (χ1v) is 10.2. The number of amides is 1. The van der Waals surface area contributed by atoms with Crippen molar-refractivity contribution in [3.63, 3.8) is 0 Å². The van der Waals surface area contributed by atoms with E-state index in [0.29, 0.717) is 29.8 Å². The highest BCUT2D eigenvalue weighted by molar-refractivity contribution is 6.14. The quantitative estimate of drug-likeness (QED) is 0.392. The van der Waals surface area contributed by atoms with Crippen LogP contribution in [0.25, 0.3) is 44.2 Å². The number of nitrogens with one attached hydrogen (secondary N) is 2. The fourth-order valence-electron chi connectivity index (χ4n) is 3.90. The van der Waals surface area contributed by atoms with E-state index in [-0.39, 0.29) is 11.7 Å². The van der Waals surface area contributed by atoms with Crippen LogP contribution in [0.15, 0.2) is 73.2 Å². The highest BCUT2D eigenvalue weighted by atomic mass is 19.1. The summed E-state index contributed by atoms with van der Waals surface area (Å²) in [5.41, 5.74) is 10.4. The van der Waals surface area contributed by atoms with Gasteiger partial charge >= 0.3 is 0 Å². The Hall–Kier alpha value is -4.10. The van der Waals surface area contributed by atoms with Crippen molar-refractivity contribution in [1.29, 1.82) is 0 Å². The largest absolute Gasteiger partial charge is 0.353 e. The zero-order chi connectivity index (χ0) is 22.1. The molecule has 0 unspecified atom stereocenters. The van der Waals surface area contributed by atoms with Gasteiger partial charge in [-0.2, -0.15) is 0 Å². The molecule has 1 amide bonds. The first-order valence-electron chi connectivity index (χ1n) is 10.2. The Morgan fingerprint density at radius 1 is 1.03 bits per heavy atom. The van der Waals surface area contributed by atoms with Gasteiger partial charge in [-0.15, -0.1) is 0 Å². The maximum atomic E-state index is 15.1. The number of carbonyl (C=O) groups excluding carboxylic acids is 1. The van der Waals surface area contributed by atoms with Gasteiger partial charge in [0.15, 0.2) is 0 Å². The van der Waals surface area contributed by atoms with E-state index in [1.54, 1.807) is 48.9 Å². The van der Waals surface area contributed by atoms with Crippen LogP contribution < -0.4 is 11.1 Å². The highest BCUT2D eigenvalue weighted by Crippen LogP contribution is 2.37. The van der Waals surface area contributed by atoms with Crippen molar-refractivity contribution in [3.8, 4) is 22.4 Å². The smallest absolute Gasteiger partial charge is 0.251 e. The van der Waals surface area contributed by atoms with Gasteiger partial charge in [0, 0.05) is 58.5 Å². The van der Waals surface area contributed by atoms with E-state index in [1.807, 2.05) is 18.2 Å². The number of rotatable bonds is 5. The minimum absolute atomic E-state index is 0.208. The lowest BCUT2D eigenvalue weighted by atomic mass is 9.97. The van der Waals surface area contributed by atoms with Crippen molar-refractivity contribution in [2.45, 2.75) is 0 Å². The number of H-pyrrole nitrogens is 1. The number of fused-ring (bicyclic) bond motifs is 3. The van der Waals surface area contributed by atoms with Crippen molar-refractivity contribution in [3.05, 3.63) is 84.6 Å². The van der Waals surface area contributed by atoms with Crippen LogP contribution in [-0.2, 0) is 0 Å². The van der Waals surface area contributed by atoms with Gasteiger partial charge in [-0.05, 0) is 48.0 Å². The van der Waals surface area contributed by atoms with E-state index < -0.39 is 0 Å². The molecule has 0 spiro atoms. The lowest BCUT2D eigenvalue weighted by Crippen LogP contribution is -2.28. The predicted molar refractivity (Wildman–Crippen MR) is 124 cm³/mol. The molecule has 3 aromatic heterocycles. The van der Waals surface area contributed by atoms with Gasteiger partial charge in [-0.1, -0.05) is 12.1 Å². The van der Waals surface area contributed by atoms with E-state index in [9.17, 15) is 4.79 Å². The van der Waals surface area contributed by atoms with Crippen molar-refractivity contribution < 1.29 is 9.18 Å². The predicted octanol–water partition coefficient (Wildman–Crippen LogP) is 4.27. The zero-order valence-corrected chi connectivity index (χ0v) is 17.1. The standard InChI is InChI=1S/C25H20FN5O/c26-19-7-8-20-24(23(19)15-3-5-16(6-4-15)25(32)29-11-9-27)18-12-21(30-14-22(18)31-20)17-2-1-10-28-13-17/h1-8,10,12-14,31H,9,11,27H2,(H,29,32). The van der Waals surface area contributed by atoms with Crippen LogP contribution >= 0.6 is 0 Å². The summed E-state index contributed by atoms with van der Waals surface area (Å²) in [5, 5.41) is 4.38. The lowest BCUT2D eigenvalue weighted by Gasteiger charge is -2.09. The number of halogens is 1. The van der Waals surface area contributed by atoms with Gasteiger partial charge < -0.3 is 16.0 Å². The molecule has 158 valence electrons. The SMILES string of the molecule is NCCNC(=O)c1ccc(-c2c(F)ccc3[nH]c4cnc(-c5cccnc5)cc4c23)cc1. The molecule has 0 radical (unpaired) electrons. The first-order chi connectivity index (χ1) is 15.7. The maximum absolute atomic E-state index is 15.1. The molecule has 0 aliphatic carbocycles. The summed E-state index contributed by atoms with van der Waals surface area (Å²) in [7, 11) is 0. The molecule has 0 saturated heterocycles. The van der Waals surface area contributed by atoms with Gasteiger partial charge in [0.2, 0.25) is 0 Å². The van der Waals surface area contributed by atoms with E-state index in [4.69, 9.17) is 5.73 Å². The minimum atomic E-state index is -0.335. The van der Waals surface area contributed by atoms with Gasteiger partial charge in [-0.25, -0.2) is 4.39 Å². The molecule has 0 fully saturated rings. The Morgan fingerprint density at radius 3 is 2.62 bits per heavy atom. The number of aromatic nitrogens is 3. The second-order valence-electron chi connectivity index (χ2n) is 7.45. The maximum Gasteiger partial charge on any atom is 0.251 e. The second-order valence-corrected chi connectivity index (χ2v) is 7.45. The van der Waals surface area contributed by atoms with E-state index in [0.717, 1.165) is 33.1 Å². The molecule has 4 N–H and O–H groups in total. The summed E-state index contributed by atoms with van der Waals surface area (Å²) >= 11 is 0. The summed E-state index contributed by atoms with van der Waals surface area (Å²) in [6.45, 7) is 0.769. The summed E-state index contributed by atoms with van der Waals surface area (Å²) < 4.78 is 15.1. The number of aromatic amines is 1. The number of benzene rings is 2. The highest BCUT2D eigenvalue weighted by Gasteiger charge is 2.17. The molecule has 0 atom stereocenters. The fraction of sp³-hybridized carbons (Fsp3) is 0.0800. The average molecular weight is 425 g/mol. The van der Waals surface area contributed by atoms with Crippen LogP contribution in [0.3, 0.4) is 0 Å². The number of pyridine rings is 2. The van der Waals surface area contributed by atoms with E-state index in [1.165, 1.54) is 6.07 Å². The summed E-state index contributed by atoms with van der Waals surface area (Å²) in [6, 6.07) is 15.8. The second kappa shape index (κ2) is 8.20. The number of hydrogen-bond acceptors (Lipinski definition) is 4. The summed E-state index contributed by atoms with van der Waals surface area (Å²) in [5.74, 6) is -0.543. The minimum Gasteiger partial charge on any atom is -0.353 e. The van der Waals surface area contributed by atoms with Crippen LogP contribution in [0.5, 0.6) is 0 Å². The third-order valence-corrected chi connectivity index (χ3v) is 5.42. The van der Waals surface area contributed by atoms with Crippen LogP contribution in [0.4, 0.5) is 4.39 Å². The monoisotopic (exact) mass is 425 g/mol. The molecule has 0 bridgehead atoms. The molecule has 6 nitrogen and oxygen atoms in total. The van der Waals surface area contributed by atoms with Gasteiger partial charge in [-0.3, -0.25) is 14.8 Å². The molecule has 5 aromatic rings. The molecule has 7 heteroatoms. The first kappa shape index (κ1) is 19.8. The summed E-state index contributed by atoms with van der Waals surface area (Å²) in [6.07, 6.45) is 5.21. The fourth-order valence-corrected chi connectivity index (χ4v) is 3.90. The normalized spacial score (nSPS) is 11.2. The van der Waals surface area contributed by atoms with Gasteiger partial charge in [0.05, 0.1) is 17.4 Å². The molecule has 2 aromatic carbocycles. The van der Waals surface area contributed by atoms with E-state index >= 15 is 4.39 Å². The molecule has 0 aliphatic rings. The third-order valence-electron chi connectivity index (χ3n) is 5.42. The Balaban J connectivity index is 1.65. The van der Waals surface area contributed by atoms with Crippen molar-refractivity contribution in [2.75, 3.05) is 13.1 Å². The number of carbonyl (C=O) groups is 1. The molecule has 3 heterocycles. The van der Waals surface area contributed by atoms with Crippen molar-refractivity contribution >= 4 is 27.7 Å². The molecular formula is C25H20FN5O. The van der Waals surface area contributed by atoms with Crippen molar-refractivity contribution in [1.82, 2.24) is 20.3 Å². The van der Waals surface area contributed by atoms with Gasteiger partial charge in [0.1, 0.15) is 5.82 Å². The van der Waals surface area contributed by atoms with E-state index in [2.05, 4.69) is 20.3 Å². The van der Waals surface area contributed by atoms with Crippen LogP contribution in [0.2, 0.25) is 0 Å². The molecule has 32 heavy (non-hydrogen) atoms. The molecule has 5 rings (SSSR count). The van der Waals surface area contributed by atoms with Gasteiger partial charge in [0.25, 0.3) is 5.91 Å². The topological polar surface area (TPSA) is 96.7 Å². The Morgan fingerprint density at radius 2 is 1.88 bits per heavy atom. The van der Waals surface area contributed by atoms with Crippen LogP contribution in [0.1, 0.15) is 10.4 Å². The zero-order valence-electron chi connectivity index (χ0n) is 17.1. The Kier molecular flexibility index (Phi) is 5.09.